The van der Waals surface area contributed by atoms with Gasteiger partial charge in [-0.05, 0) is 43.4 Å². The Balaban J connectivity index is 2.09. The van der Waals surface area contributed by atoms with Crippen LogP contribution in [0.15, 0.2) is 23.1 Å². The molecule has 0 saturated heterocycles. The molecule has 0 amide bonds. The summed E-state index contributed by atoms with van der Waals surface area (Å²) < 4.78 is 40.4. The Morgan fingerprint density at radius 3 is 2.75 bits per heavy atom. The van der Waals surface area contributed by atoms with E-state index in [9.17, 15) is 12.8 Å². The molecular weight excluding hydrogens is 345 g/mol. The zero-order valence-corrected chi connectivity index (χ0v) is 13.8. The van der Waals surface area contributed by atoms with Crippen LogP contribution in [-0.2, 0) is 10.0 Å². The maximum atomic E-state index is 13.2. The molecule has 1 aliphatic carbocycles. The van der Waals surface area contributed by atoms with Crippen molar-refractivity contribution in [2.75, 3.05) is 6.54 Å². The zero-order valence-electron chi connectivity index (χ0n) is 11.4. The summed E-state index contributed by atoms with van der Waals surface area (Å²) >= 11 is 3.61. The Morgan fingerprint density at radius 2 is 2.05 bits per heavy atom. The van der Waals surface area contributed by atoms with E-state index in [0.717, 1.165) is 25.3 Å². The molecule has 1 N–H and O–H groups in total. The lowest BCUT2D eigenvalue weighted by atomic mass is 9.89. The number of halogens is 2. The van der Waals surface area contributed by atoms with Gasteiger partial charge in [0, 0.05) is 11.4 Å². The molecule has 6 heteroatoms. The lowest BCUT2D eigenvalue weighted by Gasteiger charge is -2.27. The molecule has 20 heavy (non-hydrogen) atoms. The Morgan fingerprint density at radius 1 is 1.35 bits per heavy atom. The third kappa shape index (κ3) is 3.80. The summed E-state index contributed by atoms with van der Waals surface area (Å²) in [5, 5.41) is 0. The van der Waals surface area contributed by atoms with Gasteiger partial charge in [-0.1, -0.05) is 34.8 Å². The van der Waals surface area contributed by atoms with Crippen LogP contribution >= 0.6 is 15.9 Å². The fourth-order valence-electron chi connectivity index (χ4n) is 2.55. The second kappa shape index (κ2) is 6.54. The Bertz CT molecular complexity index is 577. The van der Waals surface area contributed by atoms with Gasteiger partial charge in [0.15, 0.2) is 0 Å². The number of sulfonamides is 1. The molecule has 1 fully saturated rings. The molecule has 0 aliphatic heterocycles. The van der Waals surface area contributed by atoms with Crippen molar-refractivity contribution < 1.29 is 12.8 Å². The molecule has 3 nitrogen and oxygen atoms in total. The summed E-state index contributed by atoms with van der Waals surface area (Å²) in [7, 11) is -3.65. The Labute approximate surface area is 128 Å². The average Bonchev–Trinajstić information content (AvgIpc) is 2.40. The summed E-state index contributed by atoms with van der Waals surface area (Å²) in [4.78, 5) is 0.381. The van der Waals surface area contributed by atoms with Crippen molar-refractivity contribution in [1.82, 2.24) is 4.72 Å². The van der Waals surface area contributed by atoms with E-state index in [1.165, 1.54) is 18.6 Å². The highest BCUT2D eigenvalue weighted by atomic mass is 79.9. The third-order valence-corrected chi connectivity index (χ3v) is 6.56. The van der Waals surface area contributed by atoms with E-state index in [-0.39, 0.29) is 4.90 Å². The van der Waals surface area contributed by atoms with E-state index in [1.54, 1.807) is 6.92 Å². The highest BCUT2D eigenvalue weighted by molar-refractivity contribution is 9.09. The summed E-state index contributed by atoms with van der Waals surface area (Å²) in [6.45, 7) is 2.07. The van der Waals surface area contributed by atoms with E-state index in [4.69, 9.17) is 0 Å². The van der Waals surface area contributed by atoms with Gasteiger partial charge in [-0.15, -0.1) is 0 Å². The van der Waals surface area contributed by atoms with Crippen molar-refractivity contribution in [3.05, 3.63) is 29.6 Å². The van der Waals surface area contributed by atoms with Crippen LogP contribution in [0.1, 0.15) is 31.2 Å². The predicted octanol–water partition coefficient (Wildman–Crippen LogP) is 3.37. The summed E-state index contributed by atoms with van der Waals surface area (Å²) in [6, 6.07) is 3.83. The van der Waals surface area contributed by atoms with E-state index in [2.05, 4.69) is 20.7 Å². The topological polar surface area (TPSA) is 46.2 Å². The fraction of sp³-hybridized carbons (Fsp3) is 0.571. The minimum Gasteiger partial charge on any atom is -0.211 e. The maximum Gasteiger partial charge on any atom is 0.240 e. The average molecular weight is 364 g/mol. The fourth-order valence-corrected chi connectivity index (χ4v) is 4.67. The lowest BCUT2D eigenvalue weighted by Crippen LogP contribution is -2.34. The van der Waals surface area contributed by atoms with Crippen LogP contribution in [-0.4, -0.2) is 19.8 Å². The molecule has 0 radical (unpaired) electrons. The van der Waals surface area contributed by atoms with Crippen molar-refractivity contribution in [2.24, 2.45) is 5.92 Å². The number of hydrogen-bond acceptors (Lipinski definition) is 2. The minimum atomic E-state index is -3.65. The lowest BCUT2D eigenvalue weighted by molar-refractivity contribution is 0.373. The van der Waals surface area contributed by atoms with Crippen LogP contribution in [0.3, 0.4) is 0 Å². The van der Waals surface area contributed by atoms with E-state index in [0.29, 0.717) is 22.9 Å². The number of nitrogens with one attached hydrogen (secondary N) is 1. The molecule has 0 bridgehead atoms. The van der Waals surface area contributed by atoms with Crippen LogP contribution in [0, 0.1) is 18.7 Å². The largest absolute Gasteiger partial charge is 0.240 e. The summed E-state index contributed by atoms with van der Waals surface area (Å²) in [5.74, 6) is -0.237. The first-order chi connectivity index (χ1) is 9.40. The molecule has 2 atom stereocenters. The monoisotopic (exact) mass is 363 g/mol. The first-order valence-corrected chi connectivity index (χ1v) is 9.20. The predicted molar refractivity (Wildman–Crippen MR) is 81.0 cm³/mol. The first kappa shape index (κ1) is 15.9. The van der Waals surface area contributed by atoms with Crippen molar-refractivity contribution in [3.63, 3.8) is 0 Å². The third-order valence-electron chi connectivity index (χ3n) is 3.79. The number of benzene rings is 1. The quantitative estimate of drug-likeness (QED) is 0.833. The molecule has 0 spiro atoms. The van der Waals surface area contributed by atoms with Gasteiger partial charge in [0.2, 0.25) is 10.0 Å². The van der Waals surface area contributed by atoms with Gasteiger partial charge in [0.05, 0.1) is 4.90 Å². The van der Waals surface area contributed by atoms with Crippen molar-refractivity contribution in [3.8, 4) is 0 Å². The van der Waals surface area contributed by atoms with E-state index in [1.807, 2.05) is 0 Å². The van der Waals surface area contributed by atoms with Crippen molar-refractivity contribution in [1.29, 1.82) is 0 Å². The molecule has 0 heterocycles. The van der Waals surface area contributed by atoms with Gasteiger partial charge in [0.1, 0.15) is 5.82 Å². The van der Waals surface area contributed by atoms with Gasteiger partial charge >= 0.3 is 0 Å². The van der Waals surface area contributed by atoms with Crippen LogP contribution < -0.4 is 4.72 Å². The van der Waals surface area contributed by atoms with E-state index >= 15 is 0 Å². The van der Waals surface area contributed by atoms with Crippen molar-refractivity contribution in [2.45, 2.75) is 42.3 Å². The maximum absolute atomic E-state index is 13.2. The van der Waals surface area contributed by atoms with Gasteiger partial charge in [-0.3, -0.25) is 0 Å². The summed E-state index contributed by atoms with van der Waals surface area (Å²) in [6.07, 6.45) is 4.40. The molecule has 112 valence electrons. The van der Waals surface area contributed by atoms with Gasteiger partial charge in [-0.2, -0.15) is 0 Å². The van der Waals surface area contributed by atoms with Crippen LogP contribution in [0.4, 0.5) is 4.39 Å². The van der Waals surface area contributed by atoms with Crippen LogP contribution in [0.2, 0.25) is 0 Å². The highest BCUT2D eigenvalue weighted by Crippen LogP contribution is 2.29. The molecule has 1 aromatic rings. The minimum absolute atomic E-state index is 0.0273. The zero-order chi connectivity index (χ0) is 14.8. The second-order valence-electron chi connectivity index (χ2n) is 5.32. The number of aryl methyl sites for hydroxylation is 1. The number of hydrogen-bond donors (Lipinski definition) is 1. The van der Waals surface area contributed by atoms with Crippen molar-refractivity contribution >= 4 is 26.0 Å². The highest BCUT2D eigenvalue weighted by Gasteiger charge is 2.25. The molecular formula is C14H19BrFNO2S. The van der Waals surface area contributed by atoms with Gasteiger partial charge < -0.3 is 0 Å². The Kier molecular flexibility index (Phi) is 5.20. The smallest absolute Gasteiger partial charge is 0.211 e. The first-order valence-electron chi connectivity index (χ1n) is 6.80. The Hall–Kier alpha value is -0.460. The molecule has 1 saturated carbocycles. The summed E-state index contributed by atoms with van der Waals surface area (Å²) in [5.41, 5.74) is 0.554. The van der Waals surface area contributed by atoms with E-state index < -0.39 is 15.8 Å². The normalized spacial score (nSPS) is 23.8. The molecule has 1 aliphatic rings. The standard InChI is InChI=1S/C14H19BrFNO2S/c1-10-6-7-12(16)8-14(10)20(18,19)17-9-11-4-2-3-5-13(11)15/h6-8,11,13,17H,2-5,9H2,1H3. The molecule has 2 rings (SSSR count). The second-order valence-corrected chi connectivity index (χ2v) is 8.23. The molecule has 2 unspecified atom stereocenters. The molecule has 1 aromatic carbocycles. The number of alkyl halides is 1. The van der Waals surface area contributed by atoms with Crippen LogP contribution in [0.25, 0.3) is 0 Å². The van der Waals surface area contributed by atoms with Gasteiger partial charge in [0.25, 0.3) is 0 Å². The molecule has 0 aromatic heterocycles. The van der Waals surface area contributed by atoms with Crippen LogP contribution in [0.5, 0.6) is 0 Å². The SMILES string of the molecule is Cc1ccc(F)cc1S(=O)(=O)NCC1CCCCC1Br. The van der Waals surface area contributed by atoms with Gasteiger partial charge in [-0.25, -0.2) is 17.5 Å². The number of rotatable bonds is 4.